The van der Waals surface area contributed by atoms with Crippen LogP contribution in [-0.4, -0.2) is 38.0 Å². The van der Waals surface area contributed by atoms with Gasteiger partial charge in [0.05, 0.1) is 19.8 Å². The fourth-order valence-electron chi connectivity index (χ4n) is 2.99. The maximum atomic E-state index is 10.5. The number of carbonyl (C=O) groups excluding carboxylic acids is 1. The second-order valence-electron chi connectivity index (χ2n) is 7.74. The molecule has 142 valence electrons. The Morgan fingerprint density at radius 1 is 1.04 bits per heavy atom. The van der Waals surface area contributed by atoms with Crippen molar-refractivity contribution in [1.29, 1.82) is 0 Å². The molecule has 0 fully saturated rings. The van der Waals surface area contributed by atoms with Gasteiger partial charge < -0.3 is 14.6 Å². The standard InChI is InChI=1S/C19H30O6/c1-18(2,3)13-19(4,5)15-6-7-16(17(12-15)25-24-14-21)23-11-10-22-9-8-20/h6-7,12,14,20H,8-11,13H2,1-5H3. The van der Waals surface area contributed by atoms with Crippen LogP contribution in [0.3, 0.4) is 0 Å². The maximum Gasteiger partial charge on any atom is 0.343 e. The molecule has 0 radical (unpaired) electrons. The Balaban J connectivity index is 2.90. The molecule has 0 saturated heterocycles. The van der Waals surface area contributed by atoms with Crippen LogP contribution in [0.1, 0.15) is 46.6 Å². The van der Waals surface area contributed by atoms with Crippen molar-refractivity contribution < 1.29 is 29.1 Å². The summed E-state index contributed by atoms with van der Waals surface area (Å²) in [5.41, 5.74) is 1.15. The zero-order valence-corrected chi connectivity index (χ0v) is 15.8. The Morgan fingerprint density at radius 3 is 2.36 bits per heavy atom. The Bertz CT molecular complexity index is 533. The minimum atomic E-state index is -0.0830. The van der Waals surface area contributed by atoms with Crippen LogP contribution in [0.25, 0.3) is 0 Å². The topological polar surface area (TPSA) is 74.2 Å². The number of carbonyl (C=O) groups is 1. The molecule has 0 aliphatic heterocycles. The van der Waals surface area contributed by atoms with Crippen molar-refractivity contribution in [3.8, 4) is 11.5 Å². The van der Waals surface area contributed by atoms with Crippen molar-refractivity contribution >= 4 is 6.47 Å². The third kappa shape index (κ3) is 7.75. The van der Waals surface area contributed by atoms with E-state index in [4.69, 9.17) is 19.5 Å². The van der Waals surface area contributed by atoms with Gasteiger partial charge in [0.1, 0.15) is 6.61 Å². The summed E-state index contributed by atoms with van der Waals surface area (Å²) in [5.74, 6) is 0.804. The highest BCUT2D eigenvalue weighted by Crippen LogP contribution is 2.39. The SMILES string of the molecule is CC(C)(C)CC(C)(C)c1ccc(OCCOCCO)c(OOC=O)c1. The lowest BCUT2D eigenvalue weighted by molar-refractivity contribution is -0.197. The molecule has 25 heavy (non-hydrogen) atoms. The van der Waals surface area contributed by atoms with E-state index in [1.807, 2.05) is 12.1 Å². The number of aliphatic hydroxyl groups is 1. The summed E-state index contributed by atoms with van der Waals surface area (Å²) in [4.78, 5) is 20.0. The summed E-state index contributed by atoms with van der Waals surface area (Å²) in [7, 11) is 0. The van der Waals surface area contributed by atoms with E-state index >= 15 is 0 Å². The van der Waals surface area contributed by atoms with Gasteiger partial charge in [-0.1, -0.05) is 40.7 Å². The Morgan fingerprint density at radius 2 is 1.76 bits per heavy atom. The molecule has 0 amide bonds. The molecule has 6 heteroatoms. The zero-order valence-electron chi connectivity index (χ0n) is 15.8. The number of hydrogen-bond acceptors (Lipinski definition) is 6. The third-order valence-corrected chi connectivity index (χ3v) is 3.60. The average molecular weight is 354 g/mol. The predicted molar refractivity (Wildman–Crippen MR) is 94.7 cm³/mol. The Kier molecular flexibility index (Phi) is 8.19. The van der Waals surface area contributed by atoms with Crippen molar-refractivity contribution in [2.75, 3.05) is 26.4 Å². The normalized spacial score (nSPS) is 11.9. The minimum absolute atomic E-state index is 0.0287. The van der Waals surface area contributed by atoms with Crippen LogP contribution in [0.2, 0.25) is 0 Å². The van der Waals surface area contributed by atoms with Crippen LogP contribution >= 0.6 is 0 Å². The first-order valence-corrected chi connectivity index (χ1v) is 8.42. The number of aliphatic hydroxyl groups excluding tert-OH is 1. The zero-order chi connectivity index (χ0) is 18.9. The van der Waals surface area contributed by atoms with Gasteiger partial charge in [-0.05, 0) is 34.9 Å². The Hall–Kier alpha value is -1.79. The smallest absolute Gasteiger partial charge is 0.343 e. The molecule has 0 aromatic heterocycles. The lowest BCUT2D eigenvalue weighted by Crippen LogP contribution is -2.24. The largest absolute Gasteiger partial charge is 0.487 e. The quantitative estimate of drug-likeness (QED) is 0.285. The second kappa shape index (κ2) is 9.63. The molecular weight excluding hydrogens is 324 g/mol. The predicted octanol–water partition coefficient (Wildman–Crippen LogP) is 3.25. The number of rotatable bonds is 11. The van der Waals surface area contributed by atoms with Crippen molar-refractivity contribution in [3.05, 3.63) is 23.8 Å². The van der Waals surface area contributed by atoms with Crippen LogP contribution in [-0.2, 0) is 19.8 Å². The molecule has 0 heterocycles. The van der Waals surface area contributed by atoms with E-state index in [0.29, 0.717) is 24.7 Å². The first-order valence-electron chi connectivity index (χ1n) is 8.42. The maximum absolute atomic E-state index is 10.5. The fourth-order valence-corrected chi connectivity index (χ4v) is 2.99. The molecule has 6 nitrogen and oxygen atoms in total. The lowest BCUT2D eigenvalue weighted by atomic mass is 9.72. The van der Waals surface area contributed by atoms with Gasteiger partial charge in [-0.2, -0.15) is 0 Å². The van der Waals surface area contributed by atoms with Crippen LogP contribution < -0.4 is 9.62 Å². The molecule has 1 aromatic carbocycles. The van der Waals surface area contributed by atoms with E-state index in [0.717, 1.165) is 12.0 Å². The fraction of sp³-hybridized carbons (Fsp3) is 0.632. The van der Waals surface area contributed by atoms with Gasteiger partial charge in [0.15, 0.2) is 5.75 Å². The summed E-state index contributed by atoms with van der Waals surface area (Å²) in [5, 5.41) is 8.68. The van der Waals surface area contributed by atoms with Crippen molar-refractivity contribution in [1.82, 2.24) is 0 Å². The van der Waals surface area contributed by atoms with E-state index in [-0.39, 0.29) is 30.5 Å². The van der Waals surface area contributed by atoms with Crippen molar-refractivity contribution in [2.45, 2.75) is 46.5 Å². The van der Waals surface area contributed by atoms with Crippen LogP contribution in [0.4, 0.5) is 0 Å². The van der Waals surface area contributed by atoms with E-state index in [1.165, 1.54) is 0 Å². The summed E-state index contributed by atoms with van der Waals surface area (Å²) < 4.78 is 10.8. The monoisotopic (exact) mass is 354 g/mol. The van der Waals surface area contributed by atoms with Gasteiger partial charge in [0.2, 0.25) is 5.75 Å². The molecule has 0 aliphatic rings. The molecule has 0 saturated carbocycles. The van der Waals surface area contributed by atoms with Crippen LogP contribution in [0.15, 0.2) is 18.2 Å². The van der Waals surface area contributed by atoms with E-state index in [1.54, 1.807) is 6.07 Å². The number of ether oxygens (including phenoxy) is 2. The molecule has 0 aliphatic carbocycles. The Labute approximate surface area is 150 Å². The highest BCUT2D eigenvalue weighted by molar-refractivity contribution is 5.45. The molecule has 0 spiro atoms. The molecular formula is C19H30O6. The molecule has 0 atom stereocenters. The third-order valence-electron chi connectivity index (χ3n) is 3.60. The average Bonchev–Trinajstić information content (AvgIpc) is 2.51. The second-order valence-corrected chi connectivity index (χ2v) is 7.74. The summed E-state index contributed by atoms with van der Waals surface area (Å²) >= 11 is 0. The van der Waals surface area contributed by atoms with Crippen LogP contribution in [0.5, 0.6) is 11.5 Å². The van der Waals surface area contributed by atoms with Gasteiger partial charge in [-0.15, -0.1) is 0 Å². The van der Waals surface area contributed by atoms with Crippen molar-refractivity contribution in [2.24, 2.45) is 5.41 Å². The van der Waals surface area contributed by atoms with Gasteiger partial charge in [-0.25, -0.2) is 0 Å². The molecule has 0 unspecified atom stereocenters. The number of benzene rings is 1. The molecule has 1 aromatic rings. The first-order chi connectivity index (χ1) is 11.7. The first kappa shape index (κ1) is 21.3. The number of hydrogen-bond donors (Lipinski definition) is 1. The highest BCUT2D eigenvalue weighted by atomic mass is 17.2. The highest BCUT2D eigenvalue weighted by Gasteiger charge is 2.28. The van der Waals surface area contributed by atoms with Gasteiger partial charge in [0.25, 0.3) is 0 Å². The molecule has 1 N–H and O–H groups in total. The molecule has 1 rings (SSSR count). The van der Waals surface area contributed by atoms with Crippen LogP contribution in [0, 0.1) is 5.41 Å². The van der Waals surface area contributed by atoms with E-state index in [2.05, 4.69) is 39.5 Å². The molecule has 0 bridgehead atoms. The van der Waals surface area contributed by atoms with Crippen molar-refractivity contribution in [3.63, 3.8) is 0 Å². The summed E-state index contributed by atoms with van der Waals surface area (Å²) in [6, 6.07) is 5.62. The van der Waals surface area contributed by atoms with Gasteiger partial charge in [0, 0.05) is 0 Å². The lowest BCUT2D eigenvalue weighted by Gasteiger charge is -2.33. The van der Waals surface area contributed by atoms with Gasteiger partial charge >= 0.3 is 6.47 Å². The van der Waals surface area contributed by atoms with E-state index < -0.39 is 0 Å². The minimum Gasteiger partial charge on any atom is -0.487 e. The van der Waals surface area contributed by atoms with Gasteiger partial charge in [-0.3, -0.25) is 14.6 Å². The summed E-state index contributed by atoms with van der Waals surface area (Å²) in [6.45, 7) is 12.0. The summed E-state index contributed by atoms with van der Waals surface area (Å²) in [6.07, 6.45) is 0.975. The van der Waals surface area contributed by atoms with E-state index in [9.17, 15) is 4.79 Å².